The van der Waals surface area contributed by atoms with Crippen LogP contribution in [0.2, 0.25) is 0 Å². The number of hydrogen-bond donors (Lipinski definition) is 2. The first kappa shape index (κ1) is 15.2. The highest BCUT2D eigenvalue weighted by atomic mass is 79.9. The Morgan fingerprint density at radius 1 is 1.61 bits per heavy atom. The van der Waals surface area contributed by atoms with Crippen molar-refractivity contribution in [3.05, 3.63) is 10.7 Å². The van der Waals surface area contributed by atoms with E-state index in [0.717, 1.165) is 0 Å². The number of nitrogens with two attached hydrogens (primary N) is 1. The Balaban J connectivity index is 2.60. The molecule has 0 amide bonds. The van der Waals surface area contributed by atoms with Crippen LogP contribution in [0.3, 0.4) is 0 Å². The van der Waals surface area contributed by atoms with Crippen molar-refractivity contribution in [2.75, 3.05) is 11.2 Å². The summed E-state index contributed by atoms with van der Waals surface area (Å²) in [5, 5.41) is 0.629. The van der Waals surface area contributed by atoms with E-state index in [9.17, 15) is 4.79 Å². The number of esters is 1. The van der Waals surface area contributed by atoms with Gasteiger partial charge >= 0.3 is 5.97 Å². The zero-order chi connectivity index (χ0) is 13.8. The molecule has 1 aromatic heterocycles. The summed E-state index contributed by atoms with van der Waals surface area (Å²) in [6.07, 6.45) is 1.57. The molecule has 0 radical (unpaired) electrons. The van der Waals surface area contributed by atoms with Crippen molar-refractivity contribution in [3.63, 3.8) is 0 Å². The molecule has 0 aliphatic carbocycles. The lowest BCUT2D eigenvalue weighted by Gasteiger charge is -2.19. The second kappa shape index (κ2) is 6.35. The Labute approximate surface area is 118 Å². The third-order valence-electron chi connectivity index (χ3n) is 1.59. The normalized spacial score (nSPS) is 11.2. The summed E-state index contributed by atoms with van der Waals surface area (Å²) in [5.74, 6) is 5.40. The summed E-state index contributed by atoms with van der Waals surface area (Å²) < 4.78 is 5.90. The minimum absolute atomic E-state index is 0.177. The highest BCUT2D eigenvalue weighted by Crippen LogP contribution is 2.26. The van der Waals surface area contributed by atoms with Gasteiger partial charge in [0, 0.05) is 6.20 Å². The number of hydrazine groups is 1. The van der Waals surface area contributed by atoms with Gasteiger partial charge in [-0.1, -0.05) is 11.8 Å². The summed E-state index contributed by atoms with van der Waals surface area (Å²) in [4.78, 5) is 19.6. The first-order valence-electron chi connectivity index (χ1n) is 5.15. The SMILES string of the molecule is CC(C)(C)OC(=O)CSc1nc(NN)ncc1Br. The lowest BCUT2D eigenvalue weighted by atomic mass is 10.2. The number of rotatable bonds is 4. The number of aromatic nitrogens is 2. The van der Waals surface area contributed by atoms with E-state index < -0.39 is 5.60 Å². The van der Waals surface area contributed by atoms with Gasteiger partial charge in [0.15, 0.2) is 0 Å². The monoisotopic (exact) mass is 334 g/mol. The van der Waals surface area contributed by atoms with Crippen LogP contribution in [-0.2, 0) is 9.53 Å². The van der Waals surface area contributed by atoms with Crippen molar-refractivity contribution >= 4 is 39.6 Å². The first-order chi connectivity index (χ1) is 8.31. The van der Waals surface area contributed by atoms with Gasteiger partial charge in [0.1, 0.15) is 10.6 Å². The average Bonchev–Trinajstić information content (AvgIpc) is 2.25. The third-order valence-corrected chi connectivity index (χ3v) is 3.40. The quantitative estimate of drug-likeness (QED) is 0.286. The maximum absolute atomic E-state index is 11.6. The molecular weight excluding hydrogens is 320 g/mol. The number of ether oxygens (including phenoxy) is 1. The van der Waals surface area contributed by atoms with Crippen LogP contribution in [-0.4, -0.2) is 27.3 Å². The molecule has 0 atom stereocenters. The van der Waals surface area contributed by atoms with E-state index in [1.54, 1.807) is 6.20 Å². The van der Waals surface area contributed by atoms with Crippen LogP contribution in [0.15, 0.2) is 15.7 Å². The number of halogens is 1. The van der Waals surface area contributed by atoms with Crippen LogP contribution < -0.4 is 11.3 Å². The van der Waals surface area contributed by atoms with Gasteiger partial charge in [0.05, 0.1) is 10.2 Å². The fourth-order valence-corrected chi connectivity index (χ4v) is 2.21. The Kier molecular flexibility index (Phi) is 5.36. The van der Waals surface area contributed by atoms with Gasteiger partial charge in [-0.25, -0.2) is 15.8 Å². The highest BCUT2D eigenvalue weighted by Gasteiger charge is 2.17. The fourth-order valence-electron chi connectivity index (χ4n) is 1.02. The Morgan fingerprint density at radius 2 is 2.28 bits per heavy atom. The van der Waals surface area contributed by atoms with Crippen LogP contribution in [0, 0.1) is 0 Å². The molecule has 1 heterocycles. The molecule has 0 fully saturated rings. The standard InChI is InChI=1S/C10H15BrN4O2S/c1-10(2,3)17-7(16)5-18-8-6(11)4-13-9(14-8)15-12/h4H,5,12H2,1-3H3,(H,13,14,15). The highest BCUT2D eigenvalue weighted by molar-refractivity contribution is 9.10. The van der Waals surface area contributed by atoms with Crippen LogP contribution in [0.4, 0.5) is 5.95 Å². The van der Waals surface area contributed by atoms with Gasteiger partial charge in [-0.3, -0.25) is 10.2 Å². The first-order valence-corrected chi connectivity index (χ1v) is 6.93. The number of nitrogens with one attached hydrogen (secondary N) is 1. The smallest absolute Gasteiger partial charge is 0.316 e. The second-order valence-corrected chi connectivity index (χ2v) is 6.18. The second-order valence-electron chi connectivity index (χ2n) is 4.37. The molecule has 3 N–H and O–H groups in total. The van der Waals surface area contributed by atoms with Crippen molar-refractivity contribution in [3.8, 4) is 0 Å². The number of thioether (sulfide) groups is 1. The fraction of sp³-hybridized carbons (Fsp3) is 0.500. The molecule has 100 valence electrons. The lowest BCUT2D eigenvalue weighted by Crippen LogP contribution is -2.25. The van der Waals surface area contributed by atoms with E-state index in [1.807, 2.05) is 20.8 Å². The molecule has 0 unspecified atom stereocenters. The van der Waals surface area contributed by atoms with Crippen molar-refractivity contribution in [2.45, 2.75) is 31.4 Å². The molecule has 8 heteroatoms. The van der Waals surface area contributed by atoms with Crippen molar-refractivity contribution in [1.29, 1.82) is 0 Å². The predicted molar refractivity (Wildman–Crippen MR) is 74.1 cm³/mol. The Bertz CT molecular complexity index is 436. The van der Waals surface area contributed by atoms with Crippen LogP contribution >= 0.6 is 27.7 Å². The minimum atomic E-state index is -0.482. The molecule has 0 bridgehead atoms. The molecule has 0 aliphatic rings. The zero-order valence-corrected chi connectivity index (χ0v) is 12.8. The van der Waals surface area contributed by atoms with Gasteiger partial charge in [-0.2, -0.15) is 0 Å². The van der Waals surface area contributed by atoms with Crippen molar-refractivity contribution < 1.29 is 9.53 Å². The van der Waals surface area contributed by atoms with Crippen LogP contribution in [0.25, 0.3) is 0 Å². The van der Waals surface area contributed by atoms with Crippen molar-refractivity contribution in [1.82, 2.24) is 9.97 Å². The van der Waals surface area contributed by atoms with E-state index in [-0.39, 0.29) is 11.7 Å². The largest absolute Gasteiger partial charge is 0.459 e. The average molecular weight is 335 g/mol. The number of carbonyl (C=O) groups is 1. The number of hydrogen-bond acceptors (Lipinski definition) is 7. The van der Waals surface area contributed by atoms with Crippen molar-refractivity contribution in [2.24, 2.45) is 5.84 Å². The summed E-state index contributed by atoms with van der Waals surface area (Å²) in [6.45, 7) is 5.48. The molecule has 0 spiro atoms. The lowest BCUT2D eigenvalue weighted by molar-refractivity contribution is -0.151. The summed E-state index contributed by atoms with van der Waals surface area (Å²) in [7, 11) is 0. The maximum Gasteiger partial charge on any atom is 0.316 e. The minimum Gasteiger partial charge on any atom is -0.459 e. The maximum atomic E-state index is 11.6. The van der Waals surface area contributed by atoms with Gasteiger partial charge in [-0.05, 0) is 36.7 Å². The molecule has 1 aromatic rings. The van der Waals surface area contributed by atoms with Gasteiger partial charge in [0.25, 0.3) is 0 Å². The molecule has 6 nitrogen and oxygen atoms in total. The molecule has 0 aliphatic heterocycles. The van der Waals surface area contributed by atoms with Crippen LogP contribution in [0.5, 0.6) is 0 Å². The number of carbonyl (C=O) groups excluding carboxylic acids is 1. The number of nitrogen functional groups attached to an aromatic ring is 1. The van der Waals surface area contributed by atoms with E-state index in [4.69, 9.17) is 10.6 Å². The molecule has 0 saturated heterocycles. The Morgan fingerprint density at radius 3 is 2.83 bits per heavy atom. The van der Waals surface area contributed by atoms with Gasteiger partial charge in [-0.15, -0.1) is 0 Å². The molecular formula is C10H15BrN4O2S. The molecule has 18 heavy (non-hydrogen) atoms. The summed E-state index contributed by atoms with van der Waals surface area (Å²) in [6, 6.07) is 0. The number of nitrogens with zero attached hydrogens (tertiary/aromatic N) is 2. The Hall–Kier alpha value is -0.860. The van der Waals surface area contributed by atoms with Gasteiger partial charge in [0.2, 0.25) is 5.95 Å². The van der Waals surface area contributed by atoms with E-state index >= 15 is 0 Å². The van der Waals surface area contributed by atoms with E-state index in [1.165, 1.54) is 11.8 Å². The third kappa shape index (κ3) is 5.19. The zero-order valence-electron chi connectivity index (χ0n) is 10.4. The number of anilines is 1. The summed E-state index contributed by atoms with van der Waals surface area (Å²) >= 11 is 4.56. The molecule has 1 rings (SSSR count). The molecule has 0 saturated carbocycles. The predicted octanol–water partition coefficient (Wildman–Crippen LogP) is 1.96. The topological polar surface area (TPSA) is 90.1 Å². The van der Waals surface area contributed by atoms with Crippen LogP contribution in [0.1, 0.15) is 20.8 Å². The van der Waals surface area contributed by atoms with Gasteiger partial charge < -0.3 is 4.74 Å². The summed E-state index contributed by atoms with van der Waals surface area (Å²) in [5.41, 5.74) is 1.87. The molecule has 0 aromatic carbocycles. The van der Waals surface area contributed by atoms with E-state index in [2.05, 4.69) is 31.3 Å². The van der Waals surface area contributed by atoms with E-state index in [0.29, 0.717) is 15.4 Å².